The molecule has 6 heteroatoms. The molecule has 0 bridgehead atoms. The zero-order valence-electron chi connectivity index (χ0n) is 20.9. The third-order valence-electron chi connectivity index (χ3n) is 7.76. The first-order valence-corrected chi connectivity index (χ1v) is 13.9. The van der Waals surface area contributed by atoms with Crippen molar-refractivity contribution in [3.63, 3.8) is 0 Å². The van der Waals surface area contributed by atoms with Crippen molar-refractivity contribution in [3.05, 3.63) is 65.9 Å². The van der Waals surface area contributed by atoms with Crippen molar-refractivity contribution < 1.29 is 17.6 Å². The van der Waals surface area contributed by atoms with Crippen molar-refractivity contribution >= 4 is 37.5 Å². The molecule has 1 heterocycles. The number of hydrogen-bond donors (Lipinski definition) is 1. The zero-order valence-corrected chi connectivity index (χ0v) is 21.7. The third kappa shape index (κ3) is 4.29. The Balaban J connectivity index is 1.60. The van der Waals surface area contributed by atoms with Crippen LogP contribution in [-0.4, -0.2) is 15.0 Å². The number of benzene rings is 3. The second-order valence-electron chi connectivity index (χ2n) is 10.1. The van der Waals surface area contributed by atoms with Gasteiger partial charge in [0.1, 0.15) is 17.1 Å². The Hall–Kier alpha value is -2.99. The van der Waals surface area contributed by atoms with Gasteiger partial charge in [0, 0.05) is 28.1 Å². The lowest BCUT2D eigenvalue weighted by Gasteiger charge is -2.36. The van der Waals surface area contributed by atoms with Crippen molar-refractivity contribution in [2.45, 2.75) is 58.3 Å². The summed E-state index contributed by atoms with van der Waals surface area (Å²) in [5, 5.41) is 2.76. The lowest BCUT2D eigenvalue weighted by Crippen LogP contribution is -2.28. The van der Waals surface area contributed by atoms with Crippen LogP contribution in [0.4, 0.5) is 5.69 Å². The van der Waals surface area contributed by atoms with Crippen LogP contribution in [0.2, 0.25) is 0 Å². The Morgan fingerprint density at radius 1 is 1.03 bits per heavy atom. The number of sulfonamides is 1. The molecule has 0 radical (unpaired) electrons. The molecule has 3 aromatic carbocycles. The molecule has 4 aromatic rings. The van der Waals surface area contributed by atoms with Crippen molar-refractivity contribution in [1.82, 2.24) is 0 Å². The van der Waals surface area contributed by atoms with Gasteiger partial charge in [-0.25, -0.2) is 8.42 Å². The third-order valence-corrected chi connectivity index (χ3v) is 9.14. The predicted octanol–water partition coefficient (Wildman–Crippen LogP) is 7.33. The fourth-order valence-electron chi connectivity index (χ4n) is 5.22. The summed E-state index contributed by atoms with van der Waals surface area (Å²) in [4.78, 5) is 0.198. The second kappa shape index (κ2) is 8.90. The van der Waals surface area contributed by atoms with E-state index in [0.717, 1.165) is 53.2 Å². The van der Waals surface area contributed by atoms with E-state index in [-0.39, 0.29) is 10.3 Å². The van der Waals surface area contributed by atoms with E-state index < -0.39 is 10.0 Å². The van der Waals surface area contributed by atoms with Crippen molar-refractivity contribution in [1.29, 1.82) is 0 Å². The summed E-state index contributed by atoms with van der Waals surface area (Å²) in [7, 11) is -3.78. The number of hydrogen-bond acceptors (Lipinski definition) is 4. The number of anilines is 1. The SMILES string of the molecule is CCOc1ccc(S(=O)(=O)Nc2cc3c4c(oc3c3ccccc23)CCC(C(C)(C)CC)C4)cc1. The van der Waals surface area contributed by atoms with Crippen LogP contribution in [0.3, 0.4) is 0 Å². The van der Waals surface area contributed by atoms with Crippen LogP contribution in [0.1, 0.15) is 51.9 Å². The second-order valence-corrected chi connectivity index (χ2v) is 11.8. The van der Waals surface area contributed by atoms with Crippen LogP contribution in [-0.2, 0) is 22.9 Å². The lowest BCUT2D eigenvalue weighted by atomic mass is 9.69. The molecule has 5 nitrogen and oxygen atoms in total. The van der Waals surface area contributed by atoms with Gasteiger partial charge in [-0.1, -0.05) is 51.5 Å². The van der Waals surface area contributed by atoms with E-state index in [1.807, 2.05) is 37.3 Å². The molecule has 1 atom stereocenters. The smallest absolute Gasteiger partial charge is 0.261 e. The number of aryl methyl sites for hydroxylation is 1. The van der Waals surface area contributed by atoms with E-state index in [4.69, 9.17) is 9.15 Å². The Bertz CT molecular complexity index is 1480. The molecule has 0 aliphatic heterocycles. The maximum absolute atomic E-state index is 13.3. The van der Waals surface area contributed by atoms with Crippen molar-refractivity contribution in [2.24, 2.45) is 11.3 Å². The molecular formula is C29H33NO4S. The zero-order chi connectivity index (χ0) is 24.8. The number of nitrogens with one attached hydrogen (secondary N) is 1. The van der Waals surface area contributed by atoms with Crippen LogP contribution >= 0.6 is 0 Å². The van der Waals surface area contributed by atoms with Gasteiger partial charge in [-0.05, 0) is 61.4 Å². The minimum atomic E-state index is -3.78. The highest BCUT2D eigenvalue weighted by Gasteiger charge is 2.34. The summed E-state index contributed by atoms with van der Waals surface area (Å²) in [6, 6.07) is 16.3. The van der Waals surface area contributed by atoms with Crippen molar-refractivity contribution in [2.75, 3.05) is 11.3 Å². The average molecular weight is 492 g/mol. The summed E-state index contributed by atoms with van der Waals surface area (Å²) in [5.41, 5.74) is 2.90. The van der Waals surface area contributed by atoms with Gasteiger partial charge < -0.3 is 9.15 Å². The fourth-order valence-corrected chi connectivity index (χ4v) is 6.29. The molecule has 0 fully saturated rings. The van der Waals surface area contributed by atoms with E-state index in [9.17, 15) is 8.42 Å². The first-order chi connectivity index (χ1) is 16.7. The number of ether oxygens (including phenoxy) is 1. The van der Waals surface area contributed by atoms with Crippen LogP contribution in [0.5, 0.6) is 5.75 Å². The molecule has 1 aliphatic carbocycles. The summed E-state index contributed by atoms with van der Waals surface area (Å²) in [5.74, 6) is 2.25. The monoisotopic (exact) mass is 491 g/mol. The maximum atomic E-state index is 13.3. The highest BCUT2D eigenvalue weighted by Crippen LogP contribution is 2.45. The molecule has 0 saturated carbocycles. The summed E-state index contributed by atoms with van der Waals surface area (Å²) >= 11 is 0. The Labute approximate surface area is 207 Å². The molecule has 1 N–H and O–H groups in total. The summed E-state index contributed by atoms with van der Waals surface area (Å²) in [6.45, 7) is 9.37. The van der Waals surface area contributed by atoms with Gasteiger partial charge in [-0.3, -0.25) is 4.72 Å². The largest absolute Gasteiger partial charge is 0.494 e. The molecule has 184 valence electrons. The molecule has 0 amide bonds. The van der Waals surface area contributed by atoms with Gasteiger partial charge in [0.15, 0.2) is 0 Å². The Morgan fingerprint density at radius 3 is 2.43 bits per heavy atom. The van der Waals surface area contributed by atoms with E-state index in [0.29, 0.717) is 24.0 Å². The minimum Gasteiger partial charge on any atom is -0.494 e. The molecular weight excluding hydrogens is 458 g/mol. The molecule has 1 unspecified atom stereocenters. The van der Waals surface area contributed by atoms with Gasteiger partial charge in [0.25, 0.3) is 10.0 Å². The first-order valence-electron chi connectivity index (χ1n) is 12.4. The van der Waals surface area contributed by atoms with Gasteiger partial charge in [0.2, 0.25) is 0 Å². The van der Waals surface area contributed by atoms with Gasteiger partial charge in [-0.15, -0.1) is 0 Å². The van der Waals surface area contributed by atoms with Crippen LogP contribution < -0.4 is 9.46 Å². The summed E-state index contributed by atoms with van der Waals surface area (Å²) in [6.07, 6.45) is 4.11. The Kier molecular flexibility index (Phi) is 6.04. The normalized spacial score (nSPS) is 16.4. The minimum absolute atomic E-state index is 0.198. The Morgan fingerprint density at radius 2 is 1.74 bits per heavy atom. The number of furan rings is 1. The molecule has 5 rings (SSSR count). The van der Waals surface area contributed by atoms with E-state index in [2.05, 4.69) is 25.5 Å². The van der Waals surface area contributed by atoms with Crippen LogP contribution in [0, 0.1) is 11.3 Å². The number of fused-ring (bicyclic) bond motifs is 5. The standard InChI is InChI=1S/C29H33NO4S/c1-5-29(3,4)19-11-16-27-24(17-19)25-18-26(22-9-7-8-10-23(22)28(25)34-27)30-35(31,32)21-14-12-20(13-15-21)33-6-2/h7-10,12-15,18-19,30H,5-6,11,16-17H2,1-4H3. The fraction of sp³-hybridized carbons (Fsp3) is 0.379. The first kappa shape index (κ1) is 23.7. The lowest BCUT2D eigenvalue weighted by molar-refractivity contribution is 0.179. The molecule has 1 aromatic heterocycles. The summed E-state index contributed by atoms with van der Waals surface area (Å²) < 4.78 is 41.4. The maximum Gasteiger partial charge on any atom is 0.261 e. The highest BCUT2D eigenvalue weighted by atomic mass is 32.2. The van der Waals surface area contributed by atoms with E-state index in [1.54, 1.807) is 24.3 Å². The van der Waals surface area contributed by atoms with Crippen LogP contribution in [0.25, 0.3) is 21.7 Å². The van der Waals surface area contributed by atoms with E-state index in [1.165, 1.54) is 5.56 Å². The van der Waals surface area contributed by atoms with Gasteiger partial charge in [-0.2, -0.15) is 0 Å². The molecule has 0 saturated heterocycles. The number of rotatable bonds is 7. The van der Waals surface area contributed by atoms with Gasteiger partial charge in [0.05, 0.1) is 17.2 Å². The molecule has 35 heavy (non-hydrogen) atoms. The topological polar surface area (TPSA) is 68.5 Å². The molecule has 1 aliphatic rings. The van der Waals surface area contributed by atoms with Crippen molar-refractivity contribution in [3.8, 4) is 5.75 Å². The average Bonchev–Trinajstić information content (AvgIpc) is 3.22. The molecule has 0 spiro atoms. The predicted molar refractivity (Wildman–Crippen MR) is 142 cm³/mol. The quantitative estimate of drug-likeness (QED) is 0.294. The highest BCUT2D eigenvalue weighted by molar-refractivity contribution is 7.92. The van der Waals surface area contributed by atoms with E-state index >= 15 is 0 Å². The van der Waals surface area contributed by atoms with Crippen LogP contribution in [0.15, 0.2) is 63.9 Å². The van der Waals surface area contributed by atoms with Gasteiger partial charge >= 0.3 is 0 Å².